The largest absolute Gasteiger partial charge is 0.465 e. The zero-order valence-corrected chi connectivity index (χ0v) is 13.4. The average molecular weight is 314 g/mol. The molecule has 2 saturated heterocycles. The summed E-state index contributed by atoms with van der Waals surface area (Å²) in [7, 11) is 0. The minimum atomic E-state index is 0.195. The van der Waals surface area contributed by atoms with Gasteiger partial charge in [0.1, 0.15) is 11.5 Å². The molecule has 0 amide bonds. The smallest absolute Gasteiger partial charge is 0.118 e. The van der Waals surface area contributed by atoms with Crippen molar-refractivity contribution in [2.24, 2.45) is 5.92 Å². The van der Waals surface area contributed by atoms with E-state index in [4.69, 9.17) is 13.9 Å². The van der Waals surface area contributed by atoms with Crippen molar-refractivity contribution in [1.29, 1.82) is 0 Å². The molecule has 122 valence electrons. The molecule has 4 heterocycles. The number of nitrogens with zero attached hydrogens (tertiary/aromatic N) is 2. The number of furan rings is 1. The lowest BCUT2D eigenvalue weighted by Crippen LogP contribution is -2.32. The summed E-state index contributed by atoms with van der Waals surface area (Å²) in [6.07, 6.45) is 2.00. The molecule has 0 N–H and O–H groups in total. The van der Waals surface area contributed by atoms with Crippen molar-refractivity contribution < 1.29 is 13.9 Å². The van der Waals surface area contributed by atoms with E-state index in [1.54, 1.807) is 6.20 Å². The van der Waals surface area contributed by atoms with Gasteiger partial charge >= 0.3 is 0 Å². The van der Waals surface area contributed by atoms with Crippen molar-refractivity contribution in [3.05, 3.63) is 53.7 Å². The monoisotopic (exact) mass is 314 g/mol. The van der Waals surface area contributed by atoms with Gasteiger partial charge in [-0.05, 0) is 31.2 Å². The predicted molar refractivity (Wildman–Crippen MR) is 84.8 cm³/mol. The fourth-order valence-corrected chi connectivity index (χ4v) is 3.60. The lowest BCUT2D eigenvalue weighted by atomic mass is 10.0. The first-order chi connectivity index (χ1) is 11.3. The Balaban J connectivity index is 1.40. The number of hydrogen-bond acceptors (Lipinski definition) is 5. The van der Waals surface area contributed by atoms with Gasteiger partial charge in [0.2, 0.25) is 0 Å². The Hall–Kier alpha value is -1.69. The molecule has 3 atom stereocenters. The number of fused-ring (bicyclic) bond motifs is 1. The van der Waals surface area contributed by atoms with E-state index in [-0.39, 0.29) is 6.10 Å². The molecular weight excluding hydrogens is 292 g/mol. The van der Waals surface area contributed by atoms with Crippen LogP contribution < -0.4 is 0 Å². The Kier molecular flexibility index (Phi) is 4.16. The Bertz CT molecular complexity index is 643. The fourth-order valence-electron chi connectivity index (χ4n) is 3.60. The highest BCUT2D eigenvalue weighted by atomic mass is 16.5. The van der Waals surface area contributed by atoms with Crippen LogP contribution in [0, 0.1) is 12.8 Å². The number of ether oxygens (including phenoxy) is 2. The lowest BCUT2D eigenvalue weighted by Gasteiger charge is -2.20. The molecule has 2 aromatic rings. The average Bonchev–Trinajstić information content (AvgIpc) is 3.26. The molecule has 2 aliphatic heterocycles. The third-order valence-corrected chi connectivity index (χ3v) is 4.78. The van der Waals surface area contributed by atoms with Crippen LogP contribution in [-0.2, 0) is 22.6 Å². The molecule has 0 radical (unpaired) electrons. The second-order valence-electron chi connectivity index (χ2n) is 6.38. The van der Waals surface area contributed by atoms with Gasteiger partial charge < -0.3 is 13.9 Å². The van der Waals surface area contributed by atoms with Crippen LogP contribution in [0.1, 0.15) is 17.2 Å². The molecule has 2 aliphatic rings. The second-order valence-corrected chi connectivity index (χ2v) is 6.38. The SMILES string of the molecule is Cc1ccc(CN2C[C@@H](OCc3ccccn3)[C@H]3COC[C@H]32)o1. The fraction of sp³-hybridized carbons (Fsp3) is 0.500. The molecule has 0 spiro atoms. The van der Waals surface area contributed by atoms with Crippen molar-refractivity contribution in [2.45, 2.75) is 32.2 Å². The Morgan fingerprint density at radius 3 is 3.00 bits per heavy atom. The van der Waals surface area contributed by atoms with Gasteiger partial charge in [-0.15, -0.1) is 0 Å². The van der Waals surface area contributed by atoms with Crippen LogP contribution >= 0.6 is 0 Å². The molecule has 0 aromatic carbocycles. The van der Waals surface area contributed by atoms with E-state index in [1.807, 2.05) is 31.2 Å². The highest BCUT2D eigenvalue weighted by Crippen LogP contribution is 2.33. The standard InChI is InChI=1S/C18H22N2O3/c1-13-5-6-15(23-13)8-20-9-18(16-11-21-12-17(16)20)22-10-14-4-2-3-7-19-14/h2-7,16-18H,8-12H2,1H3/t16-,17+,18+/m0/s1. The van der Waals surface area contributed by atoms with E-state index < -0.39 is 0 Å². The summed E-state index contributed by atoms with van der Waals surface area (Å²) in [6.45, 7) is 5.85. The minimum Gasteiger partial charge on any atom is -0.465 e. The minimum absolute atomic E-state index is 0.195. The highest BCUT2D eigenvalue weighted by molar-refractivity contribution is 5.08. The Labute approximate surface area is 136 Å². The zero-order valence-electron chi connectivity index (χ0n) is 13.4. The second kappa shape index (κ2) is 6.43. The van der Waals surface area contributed by atoms with Crippen molar-refractivity contribution in [3.63, 3.8) is 0 Å². The van der Waals surface area contributed by atoms with Gasteiger partial charge in [0.25, 0.3) is 0 Å². The summed E-state index contributed by atoms with van der Waals surface area (Å²) >= 11 is 0. The Morgan fingerprint density at radius 1 is 1.26 bits per heavy atom. The summed E-state index contributed by atoms with van der Waals surface area (Å²) < 4.78 is 17.6. The summed E-state index contributed by atoms with van der Waals surface area (Å²) in [5, 5.41) is 0. The number of hydrogen-bond donors (Lipinski definition) is 0. The molecule has 0 aliphatic carbocycles. The van der Waals surface area contributed by atoms with Crippen LogP contribution in [-0.4, -0.2) is 41.8 Å². The number of rotatable bonds is 5. The van der Waals surface area contributed by atoms with Gasteiger partial charge in [0, 0.05) is 24.7 Å². The molecule has 0 saturated carbocycles. The molecule has 0 unspecified atom stereocenters. The van der Waals surface area contributed by atoms with E-state index in [0.717, 1.165) is 43.5 Å². The summed E-state index contributed by atoms with van der Waals surface area (Å²) in [5.41, 5.74) is 0.975. The first-order valence-corrected chi connectivity index (χ1v) is 8.18. The maximum Gasteiger partial charge on any atom is 0.118 e. The summed E-state index contributed by atoms with van der Waals surface area (Å²) in [5.74, 6) is 2.41. The topological polar surface area (TPSA) is 47.7 Å². The number of aryl methyl sites for hydroxylation is 1. The molecule has 0 bridgehead atoms. The zero-order chi connectivity index (χ0) is 15.6. The number of aromatic nitrogens is 1. The number of pyridine rings is 1. The first-order valence-electron chi connectivity index (χ1n) is 8.18. The van der Waals surface area contributed by atoms with E-state index in [2.05, 4.69) is 16.0 Å². The molecule has 5 heteroatoms. The molecule has 2 aromatic heterocycles. The lowest BCUT2D eigenvalue weighted by molar-refractivity contribution is 0.00706. The third kappa shape index (κ3) is 3.17. The van der Waals surface area contributed by atoms with Crippen LogP contribution in [0.3, 0.4) is 0 Å². The maximum atomic E-state index is 6.16. The Morgan fingerprint density at radius 2 is 2.22 bits per heavy atom. The highest BCUT2D eigenvalue weighted by Gasteiger charge is 2.46. The molecular formula is C18H22N2O3. The van der Waals surface area contributed by atoms with Crippen LogP contribution in [0.2, 0.25) is 0 Å². The van der Waals surface area contributed by atoms with Gasteiger partial charge in [-0.25, -0.2) is 0 Å². The van der Waals surface area contributed by atoms with E-state index in [9.17, 15) is 0 Å². The number of likely N-dealkylation sites (tertiary alicyclic amines) is 1. The molecule has 4 rings (SSSR count). The predicted octanol–water partition coefficient (Wildman–Crippen LogP) is 2.40. The summed E-state index contributed by atoms with van der Waals surface area (Å²) in [4.78, 5) is 6.76. The normalized spacial score (nSPS) is 27.4. The van der Waals surface area contributed by atoms with Crippen LogP contribution in [0.4, 0.5) is 0 Å². The van der Waals surface area contributed by atoms with Crippen LogP contribution in [0.25, 0.3) is 0 Å². The molecule has 5 nitrogen and oxygen atoms in total. The van der Waals surface area contributed by atoms with Crippen LogP contribution in [0.5, 0.6) is 0 Å². The van der Waals surface area contributed by atoms with E-state index in [0.29, 0.717) is 18.6 Å². The van der Waals surface area contributed by atoms with Crippen molar-refractivity contribution in [2.75, 3.05) is 19.8 Å². The quantitative estimate of drug-likeness (QED) is 0.848. The third-order valence-electron chi connectivity index (χ3n) is 4.78. The van der Waals surface area contributed by atoms with Gasteiger partial charge in [-0.3, -0.25) is 9.88 Å². The van der Waals surface area contributed by atoms with Gasteiger partial charge in [-0.1, -0.05) is 6.07 Å². The van der Waals surface area contributed by atoms with E-state index >= 15 is 0 Å². The van der Waals surface area contributed by atoms with Crippen molar-refractivity contribution in [1.82, 2.24) is 9.88 Å². The summed E-state index contributed by atoms with van der Waals surface area (Å²) in [6, 6.07) is 10.4. The van der Waals surface area contributed by atoms with Gasteiger partial charge in [-0.2, -0.15) is 0 Å². The maximum absolute atomic E-state index is 6.16. The van der Waals surface area contributed by atoms with E-state index in [1.165, 1.54) is 0 Å². The first kappa shape index (κ1) is 14.9. The molecule has 23 heavy (non-hydrogen) atoms. The molecule has 2 fully saturated rings. The van der Waals surface area contributed by atoms with Crippen LogP contribution in [0.15, 0.2) is 40.9 Å². The van der Waals surface area contributed by atoms with Gasteiger partial charge in [0.15, 0.2) is 0 Å². The van der Waals surface area contributed by atoms with Crippen molar-refractivity contribution in [3.8, 4) is 0 Å². The van der Waals surface area contributed by atoms with Gasteiger partial charge in [0.05, 0.1) is 38.2 Å². The van der Waals surface area contributed by atoms with Crippen molar-refractivity contribution >= 4 is 0 Å².